The molecule has 0 saturated carbocycles. The lowest BCUT2D eigenvalue weighted by Gasteiger charge is -2.19. The maximum absolute atomic E-state index is 11.3. The summed E-state index contributed by atoms with van der Waals surface area (Å²) in [5.41, 5.74) is 1.96. The van der Waals surface area contributed by atoms with Gasteiger partial charge in [-0.1, -0.05) is 20.8 Å². The highest BCUT2D eigenvalue weighted by Gasteiger charge is 2.27. The van der Waals surface area contributed by atoms with E-state index < -0.39 is 9.85 Å². The Labute approximate surface area is 133 Å². The fraction of sp³-hybridized carbons (Fsp3) is 0.400. The normalized spacial score (nSPS) is 11.5. The molecule has 2 aromatic rings. The summed E-state index contributed by atoms with van der Waals surface area (Å²) in [5, 5.41) is 26.6. The summed E-state index contributed by atoms with van der Waals surface area (Å²) >= 11 is 0. The lowest BCUT2D eigenvalue weighted by molar-refractivity contribution is -0.394. The minimum Gasteiger partial charge on any atom is -0.258 e. The van der Waals surface area contributed by atoms with Gasteiger partial charge in [0.2, 0.25) is 0 Å². The first-order valence-corrected chi connectivity index (χ1v) is 7.04. The van der Waals surface area contributed by atoms with Crippen LogP contribution < -0.4 is 0 Å². The van der Waals surface area contributed by atoms with E-state index in [0.29, 0.717) is 0 Å². The minimum atomic E-state index is -0.654. The standard InChI is InChI=1S/C15H18N4O4/c1-9-14(15(3,4)5)10(2)17(16-9)12-7-6-11(18(20)21)8-13(12)19(22)23/h6-8H,1-5H3. The zero-order chi connectivity index (χ0) is 17.5. The van der Waals surface area contributed by atoms with Crippen LogP contribution in [0.1, 0.15) is 37.7 Å². The lowest BCUT2D eigenvalue weighted by Crippen LogP contribution is -2.14. The van der Waals surface area contributed by atoms with Crippen molar-refractivity contribution in [3.8, 4) is 5.69 Å². The summed E-state index contributed by atoms with van der Waals surface area (Å²) in [6, 6.07) is 3.57. The highest BCUT2D eigenvalue weighted by Crippen LogP contribution is 2.33. The van der Waals surface area contributed by atoms with Gasteiger partial charge < -0.3 is 0 Å². The van der Waals surface area contributed by atoms with Crippen molar-refractivity contribution < 1.29 is 9.85 Å². The van der Waals surface area contributed by atoms with E-state index in [1.165, 1.54) is 16.8 Å². The molecule has 0 aliphatic carbocycles. The summed E-state index contributed by atoms with van der Waals surface area (Å²) in [5.74, 6) is 0. The van der Waals surface area contributed by atoms with E-state index in [0.717, 1.165) is 23.0 Å². The van der Waals surface area contributed by atoms with Crippen LogP contribution >= 0.6 is 0 Å². The Morgan fingerprint density at radius 1 is 1.09 bits per heavy atom. The van der Waals surface area contributed by atoms with E-state index in [9.17, 15) is 20.2 Å². The number of aromatic nitrogens is 2. The summed E-state index contributed by atoms with van der Waals surface area (Å²) in [6.07, 6.45) is 0. The fourth-order valence-corrected chi connectivity index (χ4v) is 2.91. The van der Waals surface area contributed by atoms with Gasteiger partial charge in [-0.15, -0.1) is 0 Å². The molecular weight excluding hydrogens is 300 g/mol. The Hall–Kier alpha value is -2.77. The topological polar surface area (TPSA) is 104 Å². The van der Waals surface area contributed by atoms with Gasteiger partial charge in [-0.2, -0.15) is 5.10 Å². The molecule has 1 heterocycles. The Balaban J connectivity index is 2.73. The predicted octanol–water partition coefficient (Wildman–Crippen LogP) is 3.60. The summed E-state index contributed by atoms with van der Waals surface area (Å²) in [4.78, 5) is 20.9. The van der Waals surface area contributed by atoms with Gasteiger partial charge in [-0.3, -0.25) is 20.2 Å². The van der Waals surface area contributed by atoms with E-state index in [4.69, 9.17) is 0 Å². The molecule has 0 atom stereocenters. The molecule has 0 spiro atoms. The first-order chi connectivity index (χ1) is 10.5. The Kier molecular flexibility index (Phi) is 3.94. The van der Waals surface area contributed by atoms with Crippen molar-refractivity contribution in [1.29, 1.82) is 0 Å². The van der Waals surface area contributed by atoms with Crippen molar-refractivity contribution in [3.63, 3.8) is 0 Å². The highest BCUT2D eigenvalue weighted by molar-refractivity contribution is 5.58. The van der Waals surface area contributed by atoms with Crippen LogP contribution in [0.2, 0.25) is 0 Å². The smallest absolute Gasteiger partial charge is 0.258 e. The molecule has 0 aliphatic heterocycles. The fourth-order valence-electron chi connectivity index (χ4n) is 2.91. The largest absolute Gasteiger partial charge is 0.301 e. The highest BCUT2D eigenvalue weighted by atomic mass is 16.6. The van der Waals surface area contributed by atoms with Gasteiger partial charge in [0, 0.05) is 17.3 Å². The molecule has 0 bridgehead atoms. The predicted molar refractivity (Wildman–Crippen MR) is 85.0 cm³/mol. The molecule has 0 N–H and O–H groups in total. The zero-order valence-corrected chi connectivity index (χ0v) is 13.7. The van der Waals surface area contributed by atoms with E-state index in [1.807, 2.05) is 34.6 Å². The monoisotopic (exact) mass is 318 g/mol. The van der Waals surface area contributed by atoms with Gasteiger partial charge in [-0.05, 0) is 25.3 Å². The Bertz CT molecular complexity index is 803. The van der Waals surface area contributed by atoms with Gasteiger partial charge in [0.25, 0.3) is 5.69 Å². The average Bonchev–Trinajstić information content (AvgIpc) is 2.72. The Morgan fingerprint density at radius 3 is 2.13 bits per heavy atom. The molecular formula is C15H18N4O4. The van der Waals surface area contributed by atoms with Crippen LogP contribution in [0.3, 0.4) is 0 Å². The molecule has 8 heteroatoms. The molecule has 1 aromatic carbocycles. The average molecular weight is 318 g/mol. The first-order valence-electron chi connectivity index (χ1n) is 7.04. The third-order valence-electron chi connectivity index (χ3n) is 3.64. The molecule has 0 radical (unpaired) electrons. The number of non-ortho nitro benzene ring substituents is 1. The van der Waals surface area contributed by atoms with Gasteiger partial charge in [0.15, 0.2) is 0 Å². The molecule has 0 fully saturated rings. The van der Waals surface area contributed by atoms with Crippen LogP contribution in [0, 0.1) is 34.1 Å². The van der Waals surface area contributed by atoms with Crippen molar-refractivity contribution in [3.05, 3.63) is 55.4 Å². The third-order valence-corrected chi connectivity index (χ3v) is 3.64. The molecule has 1 aromatic heterocycles. The second kappa shape index (κ2) is 5.45. The van der Waals surface area contributed by atoms with Gasteiger partial charge in [-0.25, -0.2) is 4.68 Å². The van der Waals surface area contributed by atoms with Crippen LogP contribution in [0.15, 0.2) is 18.2 Å². The Morgan fingerprint density at radius 2 is 1.70 bits per heavy atom. The minimum absolute atomic E-state index is 0.165. The molecule has 23 heavy (non-hydrogen) atoms. The number of aryl methyl sites for hydroxylation is 1. The summed E-state index contributed by atoms with van der Waals surface area (Å²) in [7, 11) is 0. The quantitative estimate of drug-likeness (QED) is 0.635. The molecule has 8 nitrogen and oxygen atoms in total. The maximum atomic E-state index is 11.3. The number of nitro groups is 2. The first kappa shape index (κ1) is 16.6. The van der Waals surface area contributed by atoms with E-state index in [2.05, 4.69) is 5.10 Å². The van der Waals surface area contributed by atoms with Gasteiger partial charge >= 0.3 is 5.69 Å². The molecule has 0 saturated heterocycles. The third kappa shape index (κ3) is 2.92. The van der Waals surface area contributed by atoms with Crippen molar-refractivity contribution in [2.24, 2.45) is 0 Å². The number of benzene rings is 1. The second-order valence-electron chi connectivity index (χ2n) is 6.39. The zero-order valence-electron chi connectivity index (χ0n) is 13.7. The SMILES string of the molecule is Cc1nn(-c2ccc([N+](=O)[O-])cc2[N+](=O)[O-])c(C)c1C(C)(C)C. The lowest BCUT2D eigenvalue weighted by atomic mass is 9.85. The van der Waals surface area contributed by atoms with E-state index in [-0.39, 0.29) is 22.5 Å². The molecule has 0 unspecified atom stereocenters. The second-order valence-corrected chi connectivity index (χ2v) is 6.39. The van der Waals surface area contributed by atoms with Crippen molar-refractivity contribution in [2.75, 3.05) is 0 Å². The summed E-state index contributed by atoms with van der Waals surface area (Å²) < 4.78 is 1.48. The van der Waals surface area contributed by atoms with Crippen molar-refractivity contribution in [2.45, 2.75) is 40.0 Å². The molecule has 0 aliphatic rings. The van der Waals surface area contributed by atoms with E-state index >= 15 is 0 Å². The maximum Gasteiger partial charge on any atom is 0.301 e. The van der Waals surface area contributed by atoms with Crippen LogP contribution in [0.5, 0.6) is 0 Å². The van der Waals surface area contributed by atoms with Crippen molar-refractivity contribution >= 4 is 11.4 Å². The summed E-state index contributed by atoms with van der Waals surface area (Å²) in [6.45, 7) is 9.81. The molecule has 2 rings (SSSR count). The number of hydrogen-bond acceptors (Lipinski definition) is 5. The van der Waals surface area contributed by atoms with Crippen LogP contribution in [-0.2, 0) is 5.41 Å². The van der Waals surface area contributed by atoms with Crippen LogP contribution in [0.25, 0.3) is 5.69 Å². The molecule has 0 amide bonds. The number of nitrogens with zero attached hydrogens (tertiary/aromatic N) is 4. The molecule has 122 valence electrons. The number of hydrogen-bond donors (Lipinski definition) is 0. The van der Waals surface area contributed by atoms with Crippen molar-refractivity contribution in [1.82, 2.24) is 9.78 Å². The number of rotatable bonds is 3. The van der Waals surface area contributed by atoms with Crippen LogP contribution in [-0.4, -0.2) is 19.6 Å². The van der Waals surface area contributed by atoms with E-state index in [1.54, 1.807) is 0 Å². The van der Waals surface area contributed by atoms with Gasteiger partial charge in [0.05, 0.1) is 21.6 Å². The van der Waals surface area contributed by atoms with Crippen LogP contribution in [0.4, 0.5) is 11.4 Å². The van der Waals surface area contributed by atoms with Gasteiger partial charge in [0.1, 0.15) is 5.69 Å². The number of nitro benzene ring substituents is 2.